The van der Waals surface area contributed by atoms with Gasteiger partial charge in [-0.15, -0.1) is 0 Å². The fourth-order valence-electron chi connectivity index (χ4n) is 3.07. The number of hydrogen-bond acceptors (Lipinski definition) is 3. The minimum absolute atomic E-state index is 0.0424. The summed E-state index contributed by atoms with van der Waals surface area (Å²) in [6, 6.07) is 11.7. The molecule has 0 unspecified atom stereocenters. The molecule has 0 bridgehead atoms. The molecule has 0 aliphatic heterocycles. The van der Waals surface area contributed by atoms with Crippen LogP contribution in [0.4, 0.5) is 0 Å². The highest BCUT2D eigenvalue weighted by molar-refractivity contribution is 5.80. The van der Waals surface area contributed by atoms with Crippen LogP contribution in [0, 0.1) is 0 Å². The van der Waals surface area contributed by atoms with Crippen molar-refractivity contribution in [1.29, 1.82) is 0 Å². The van der Waals surface area contributed by atoms with E-state index in [1.807, 2.05) is 61.1 Å². The minimum atomic E-state index is -0.295. The third-order valence-corrected chi connectivity index (χ3v) is 4.47. The number of aromatic amines is 1. The average molecular weight is 351 g/mol. The first-order valence-electron chi connectivity index (χ1n) is 8.84. The number of benzene rings is 1. The molecule has 2 heterocycles. The quantitative estimate of drug-likeness (QED) is 0.737. The van der Waals surface area contributed by atoms with Gasteiger partial charge in [0.15, 0.2) is 0 Å². The topological polar surface area (TPSA) is 66.8 Å². The zero-order valence-electron chi connectivity index (χ0n) is 15.7. The van der Waals surface area contributed by atoms with Gasteiger partial charge in [0, 0.05) is 30.9 Å². The van der Waals surface area contributed by atoms with E-state index in [-0.39, 0.29) is 17.9 Å². The number of nitrogens with one attached hydrogen (secondary N) is 1. The summed E-state index contributed by atoms with van der Waals surface area (Å²) in [5.41, 5.74) is 2.84. The first kappa shape index (κ1) is 17.9. The number of aromatic nitrogens is 4. The van der Waals surface area contributed by atoms with E-state index in [1.54, 1.807) is 11.1 Å². The lowest BCUT2D eigenvalue weighted by molar-refractivity contribution is -0.133. The summed E-state index contributed by atoms with van der Waals surface area (Å²) >= 11 is 0. The van der Waals surface area contributed by atoms with Crippen LogP contribution in [0.5, 0.6) is 0 Å². The molecule has 26 heavy (non-hydrogen) atoms. The largest absolute Gasteiger partial charge is 0.338 e. The third kappa shape index (κ3) is 3.69. The second-order valence-electron chi connectivity index (χ2n) is 6.86. The maximum absolute atomic E-state index is 12.8. The monoisotopic (exact) mass is 351 g/mol. The van der Waals surface area contributed by atoms with E-state index in [0.29, 0.717) is 6.54 Å². The summed E-state index contributed by atoms with van der Waals surface area (Å²) < 4.78 is 1.95. The molecule has 3 rings (SSSR count). The van der Waals surface area contributed by atoms with Gasteiger partial charge in [0.25, 0.3) is 0 Å². The molecule has 1 N–H and O–H groups in total. The molecule has 0 saturated carbocycles. The van der Waals surface area contributed by atoms with Crippen LogP contribution in [0.3, 0.4) is 0 Å². The Morgan fingerprint density at radius 3 is 2.65 bits per heavy atom. The number of likely N-dealkylation sites (N-methyl/N-ethyl adjacent to an activating group) is 1. The summed E-state index contributed by atoms with van der Waals surface area (Å²) in [6.45, 7) is 6.55. The second kappa shape index (κ2) is 7.56. The number of imidazole rings is 1. The molecular weight excluding hydrogens is 326 g/mol. The minimum Gasteiger partial charge on any atom is -0.338 e. The standard InChI is InChI=1S/C20H25N5O/c1-14(2)19-21-10-11-25(19)15(3)20(26)24(4)13-17-12-18(23-22-17)16-8-6-5-7-9-16/h5-12,14-15H,13H2,1-4H3,(H,22,23)/t15-/m0/s1. The fraction of sp³-hybridized carbons (Fsp3) is 0.350. The van der Waals surface area contributed by atoms with E-state index in [2.05, 4.69) is 29.0 Å². The molecule has 1 atom stereocenters. The van der Waals surface area contributed by atoms with Crippen LogP contribution in [0.25, 0.3) is 11.3 Å². The molecule has 0 saturated heterocycles. The van der Waals surface area contributed by atoms with Gasteiger partial charge in [-0.1, -0.05) is 44.2 Å². The molecule has 1 amide bonds. The molecule has 0 aliphatic carbocycles. The van der Waals surface area contributed by atoms with Crippen LogP contribution in [-0.4, -0.2) is 37.6 Å². The molecule has 3 aromatic rings. The van der Waals surface area contributed by atoms with Crippen LogP contribution in [-0.2, 0) is 11.3 Å². The Balaban J connectivity index is 1.70. The lowest BCUT2D eigenvalue weighted by Gasteiger charge is -2.23. The Hall–Kier alpha value is -2.89. The number of H-pyrrole nitrogens is 1. The normalized spacial score (nSPS) is 12.3. The Morgan fingerprint density at radius 1 is 1.23 bits per heavy atom. The van der Waals surface area contributed by atoms with Crippen molar-refractivity contribution in [1.82, 2.24) is 24.6 Å². The highest BCUT2D eigenvalue weighted by Crippen LogP contribution is 2.20. The zero-order valence-corrected chi connectivity index (χ0v) is 15.7. The van der Waals surface area contributed by atoms with E-state index in [4.69, 9.17) is 0 Å². The summed E-state index contributed by atoms with van der Waals surface area (Å²) in [6.07, 6.45) is 3.62. The smallest absolute Gasteiger partial charge is 0.245 e. The van der Waals surface area contributed by atoms with Gasteiger partial charge in [-0.05, 0) is 13.0 Å². The summed E-state index contributed by atoms with van der Waals surface area (Å²) in [5, 5.41) is 7.38. The predicted molar refractivity (Wildman–Crippen MR) is 102 cm³/mol. The van der Waals surface area contributed by atoms with Crippen molar-refractivity contribution in [2.75, 3.05) is 7.05 Å². The maximum atomic E-state index is 12.8. The van der Waals surface area contributed by atoms with Crippen molar-refractivity contribution in [2.45, 2.75) is 39.3 Å². The van der Waals surface area contributed by atoms with Gasteiger partial charge >= 0.3 is 0 Å². The third-order valence-electron chi connectivity index (χ3n) is 4.47. The van der Waals surface area contributed by atoms with Gasteiger partial charge in [-0.25, -0.2) is 4.98 Å². The van der Waals surface area contributed by atoms with Crippen LogP contribution >= 0.6 is 0 Å². The fourth-order valence-corrected chi connectivity index (χ4v) is 3.07. The SMILES string of the molecule is CC(C)c1nccn1[C@@H](C)C(=O)N(C)Cc1cc(-c2ccccc2)n[nH]1. The van der Waals surface area contributed by atoms with Crippen LogP contribution in [0.1, 0.15) is 44.2 Å². The van der Waals surface area contributed by atoms with Crippen molar-refractivity contribution >= 4 is 5.91 Å². The lowest BCUT2D eigenvalue weighted by Crippen LogP contribution is -2.33. The number of hydrogen-bond donors (Lipinski definition) is 1. The predicted octanol–water partition coefficient (Wildman–Crippen LogP) is 3.62. The molecule has 0 aliphatic rings. The van der Waals surface area contributed by atoms with Gasteiger partial charge in [-0.2, -0.15) is 5.10 Å². The first-order chi connectivity index (χ1) is 12.5. The number of rotatable bonds is 6. The van der Waals surface area contributed by atoms with Gasteiger partial charge in [-0.3, -0.25) is 9.89 Å². The van der Waals surface area contributed by atoms with E-state index in [0.717, 1.165) is 22.8 Å². The van der Waals surface area contributed by atoms with Crippen molar-refractivity contribution in [3.05, 3.63) is 60.3 Å². The van der Waals surface area contributed by atoms with E-state index in [9.17, 15) is 4.79 Å². The molecule has 136 valence electrons. The molecule has 6 nitrogen and oxygen atoms in total. The summed E-state index contributed by atoms with van der Waals surface area (Å²) in [5.74, 6) is 1.24. The van der Waals surface area contributed by atoms with Gasteiger partial charge < -0.3 is 9.47 Å². The Morgan fingerprint density at radius 2 is 1.96 bits per heavy atom. The number of nitrogens with zero attached hydrogens (tertiary/aromatic N) is 4. The van der Waals surface area contributed by atoms with Crippen molar-refractivity contribution in [2.24, 2.45) is 0 Å². The molecule has 2 aromatic heterocycles. The van der Waals surface area contributed by atoms with Crippen molar-refractivity contribution < 1.29 is 4.79 Å². The Bertz CT molecular complexity index is 865. The highest BCUT2D eigenvalue weighted by Gasteiger charge is 2.22. The molecule has 0 spiro atoms. The van der Waals surface area contributed by atoms with Crippen LogP contribution < -0.4 is 0 Å². The van der Waals surface area contributed by atoms with Crippen molar-refractivity contribution in [3.8, 4) is 11.3 Å². The van der Waals surface area contributed by atoms with Crippen molar-refractivity contribution in [3.63, 3.8) is 0 Å². The van der Waals surface area contributed by atoms with Gasteiger partial charge in [0.1, 0.15) is 11.9 Å². The summed E-state index contributed by atoms with van der Waals surface area (Å²) in [4.78, 5) is 18.9. The molecule has 6 heteroatoms. The highest BCUT2D eigenvalue weighted by atomic mass is 16.2. The number of amides is 1. The van der Waals surface area contributed by atoms with E-state index < -0.39 is 0 Å². The Labute approximate surface area is 153 Å². The average Bonchev–Trinajstić information content (AvgIpc) is 3.30. The first-order valence-corrected chi connectivity index (χ1v) is 8.84. The van der Waals surface area contributed by atoms with Crippen LogP contribution in [0.2, 0.25) is 0 Å². The second-order valence-corrected chi connectivity index (χ2v) is 6.86. The molecule has 0 radical (unpaired) electrons. The maximum Gasteiger partial charge on any atom is 0.245 e. The zero-order chi connectivity index (χ0) is 18.7. The number of carbonyl (C=O) groups is 1. The molecule has 0 fully saturated rings. The summed E-state index contributed by atoms with van der Waals surface area (Å²) in [7, 11) is 1.81. The molecule has 1 aromatic carbocycles. The van der Waals surface area contributed by atoms with E-state index in [1.165, 1.54) is 0 Å². The molecular formula is C20H25N5O. The Kier molecular flexibility index (Phi) is 5.21. The van der Waals surface area contributed by atoms with E-state index >= 15 is 0 Å². The number of carbonyl (C=O) groups excluding carboxylic acids is 1. The van der Waals surface area contributed by atoms with Gasteiger partial charge in [0.2, 0.25) is 5.91 Å². The van der Waals surface area contributed by atoms with Gasteiger partial charge in [0.05, 0.1) is 17.9 Å². The van der Waals surface area contributed by atoms with Crippen LogP contribution in [0.15, 0.2) is 48.8 Å². The lowest BCUT2D eigenvalue weighted by atomic mass is 10.1.